The zero-order valence-corrected chi connectivity index (χ0v) is 15.9. The van der Waals surface area contributed by atoms with Gasteiger partial charge in [-0.05, 0) is 24.6 Å². The number of hydrogen-bond donors (Lipinski definition) is 1. The highest BCUT2D eigenvalue weighted by atomic mass is 35.5. The highest BCUT2D eigenvalue weighted by Crippen LogP contribution is 2.24. The lowest BCUT2D eigenvalue weighted by atomic mass is 10.1. The number of nitrogens with zero attached hydrogens (tertiary/aromatic N) is 3. The van der Waals surface area contributed by atoms with E-state index >= 15 is 0 Å². The Kier molecular flexibility index (Phi) is 7.79. The average Bonchev–Trinajstić information content (AvgIpc) is 3.03. The second-order valence-corrected chi connectivity index (χ2v) is 6.46. The molecule has 5 nitrogen and oxygen atoms in total. The third-order valence-corrected chi connectivity index (χ3v) is 5.06. The van der Waals surface area contributed by atoms with E-state index in [9.17, 15) is 4.79 Å². The number of carbonyl (C=O) groups is 1. The molecule has 0 spiro atoms. The molecule has 0 radical (unpaired) electrons. The quantitative estimate of drug-likeness (QED) is 0.820. The number of halogens is 2. The first kappa shape index (κ1) is 20.5. The largest absolute Gasteiger partial charge is 0.399 e. The summed E-state index contributed by atoms with van der Waals surface area (Å²) in [5.74, 6) is 0.0559. The van der Waals surface area contributed by atoms with E-state index in [-0.39, 0.29) is 30.7 Å². The first-order valence-electron chi connectivity index (χ1n) is 7.52. The number of aromatic nitrogens is 1. The van der Waals surface area contributed by atoms with E-state index in [0.717, 1.165) is 24.6 Å². The van der Waals surface area contributed by atoms with Gasteiger partial charge in [-0.3, -0.25) is 4.79 Å². The summed E-state index contributed by atoms with van der Waals surface area (Å²) in [6.07, 6.45) is 2.97. The number of rotatable bonds is 3. The predicted molar refractivity (Wildman–Crippen MR) is 105 cm³/mol. The van der Waals surface area contributed by atoms with Gasteiger partial charge in [-0.2, -0.15) is 0 Å². The maximum absolute atomic E-state index is 12.5. The highest BCUT2D eigenvalue weighted by Gasteiger charge is 2.23. The summed E-state index contributed by atoms with van der Waals surface area (Å²) in [7, 11) is 0. The molecule has 0 unspecified atom stereocenters. The molecule has 1 aliphatic heterocycles. The molecule has 2 N–H and O–H groups in total. The van der Waals surface area contributed by atoms with Crippen molar-refractivity contribution in [3.63, 3.8) is 0 Å². The minimum atomic E-state index is 0. The van der Waals surface area contributed by atoms with Gasteiger partial charge in [0.05, 0.1) is 0 Å². The molecule has 0 aliphatic carbocycles. The minimum absolute atomic E-state index is 0. The van der Waals surface area contributed by atoms with Crippen LogP contribution in [0.15, 0.2) is 30.5 Å². The molecule has 0 atom stereocenters. The second-order valence-electron chi connectivity index (χ2n) is 5.37. The number of nitrogens with two attached hydrogens (primary N) is 1. The zero-order valence-electron chi connectivity index (χ0n) is 13.5. The summed E-state index contributed by atoms with van der Waals surface area (Å²) >= 11 is 1.74. The van der Waals surface area contributed by atoms with Crippen molar-refractivity contribution in [1.29, 1.82) is 0 Å². The number of nitrogen functional groups attached to an aromatic ring is 1. The topological polar surface area (TPSA) is 62.5 Å². The molecule has 1 aliphatic rings. The van der Waals surface area contributed by atoms with E-state index < -0.39 is 0 Å². The molecule has 3 rings (SSSR count). The molecule has 24 heavy (non-hydrogen) atoms. The lowest BCUT2D eigenvalue weighted by Gasteiger charge is -2.34. The van der Waals surface area contributed by atoms with Crippen LogP contribution in [0.1, 0.15) is 22.2 Å². The molecular weight excluding hydrogens is 367 g/mol. The van der Waals surface area contributed by atoms with Crippen LogP contribution < -0.4 is 10.6 Å². The molecule has 1 amide bonds. The molecule has 1 fully saturated rings. The van der Waals surface area contributed by atoms with Gasteiger partial charge in [-0.15, -0.1) is 36.2 Å². The third-order valence-electron chi connectivity index (χ3n) is 3.86. The smallest absolute Gasteiger partial charge is 0.254 e. The van der Waals surface area contributed by atoms with Crippen LogP contribution in [0.25, 0.3) is 0 Å². The lowest BCUT2D eigenvalue weighted by molar-refractivity contribution is 0.0747. The minimum Gasteiger partial charge on any atom is -0.399 e. The summed E-state index contributed by atoms with van der Waals surface area (Å²) in [6, 6.07) is 7.17. The summed E-state index contributed by atoms with van der Waals surface area (Å²) in [5, 5.41) is 1.06. The van der Waals surface area contributed by atoms with Crippen LogP contribution in [0.4, 0.5) is 10.8 Å². The Balaban J connectivity index is 0.00000144. The molecule has 1 saturated heterocycles. The van der Waals surface area contributed by atoms with E-state index in [1.165, 1.54) is 4.88 Å². The Labute approximate surface area is 158 Å². The van der Waals surface area contributed by atoms with Crippen LogP contribution in [0.5, 0.6) is 0 Å². The summed E-state index contributed by atoms with van der Waals surface area (Å²) < 4.78 is 0. The maximum Gasteiger partial charge on any atom is 0.254 e. The Hall–Kier alpha value is -1.50. The molecule has 0 saturated carbocycles. The van der Waals surface area contributed by atoms with Crippen LogP contribution >= 0.6 is 36.2 Å². The fourth-order valence-corrected chi connectivity index (χ4v) is 3.46. The molecule has 1 aromatic carbocycles. The van der Waals surface area contributed by atoms with E-state index in [2.05, 4.69) is 16.8 Å². The number of anilines is 2. The van der Waals surface area contributed by atoms with Crippen LogP contribution in [0, 0.1) is 0 Å². The van der Waals surface area contributed by atoms with Crippen LogP contribution in [0.3, 0.4) is 0 Å². The Morgan fingerprint density at radius 2 is 1.96 bits per heavy atom. The van der Waals surface area contributed by atoms with Gasteiger partial charge >= 0.3 is 0 Å². The first-order valence-corrected chi connectivity index (χ1v) is 8.33. The van der Waals surface area contributed by atoms with Crippen LogP contribution in [-0.4, -0.2) is 42.0 Å². The first-order chi connectivity index (χ1) is 10.7. The van der Waals surface area contributed by atoms with Crippen molar-refractivity contribution < 1.29 is 4.79 Å². The van der Waals surface area contributed by atoms with Gasteiger partial charge in [0.1, 0.15) is 0 Å². The van der Waals surface area contributed by atoms with Crippen molar-refractivity contribution in [2.75, 3.05) is 36.8 Å². The van der Waals surface area contributed by atoms with Crippen molar-refractivity contribution >= 4 is 52.9 Å². The van der Waals surface area contributed by atoms with Crippen molar-refractivity contribution in [3.8, 4) is 0 Å². The molecule has 132 valence electrons. The van der Waals surface area contributed by atoms with E-state index in [0.29, 0.717) is 24.3 Å². The van der Waals surface area contributed by atoms with Gasteiger partial charge in [0.15, 0.2) is 5.13 Å². The van der Waals surface area contributed by atoms with Gasteiger partial charge in [-0.1, -0.05) is 13.0 Å². The number of carbonyl (C=O) groups excluding carboxylic acids is 1. The summed E-state index contributed by atoms with van der Waals surface area (Å²) in [6.45, 7) is 5.22. The van der Waals surface area contributed by atoms with Gasteiger partial charge in [0.25, 0.3) is 5.91 Å². The molecule has 1 aromatic heterocycles. The molecule has 0 bridgehead atoms. The van der Waals surface area contributed by atoms with Gasteiger partial charge < -0.3 is 15.5 Å². The standard InChI is InChI=1S/C16H20N4OS.2ClH/c1-2-14-11-18-16(22-14)20-8-6-19(7-9-20)15(21)12-4-3-5-13(17)10-12;;/h3-5,10-11H,2,6-9,17H2,1H3;2*1H. The van der Waals surface area contributed by atoms with Gasteiger partial charge in [-0.25, -0.2) is 4.98 Å². The fourth-order valence-electron chi connectivity index (χ4n) is 2.56. The van der Waals surface area contributed by atoms with Crippen molar-refractivity contribution in [3.05, 3.63) is 40.9 Å². The van der Waals surface area contributed by atoms with Crippen LogP contribution in [0.2, 0.25) is 0 Å². The SMILES string of the molecule is CCc1cnc(N2CCN(C(=O)c3cccc(N)c3)CC2)s1.Cl.Cl. The molecule has 8 heteroatoms. The number of aryl methyl sites for hydroxylation is 1. The Bertz CT molecular complexity index is 672. The molecule has 2 aromatic rings. The number of hydrogen-bond acceptors (Lipinski definition) is 5. The van der Waals surface area contributed by atoms with Crippen molar-refractivity contribution in [1.82, 2.24) is 9.88 Å². The van der Waals surface area contributed by atoms with Crippen molar-refractivity contribution in [2.45, 2.75) is 13.3 Å². The summed E-state index contributed by atoms with van der Waals surface area (Å²) in [5.41, 5.74) is 7.04. The summed E-state index contributed by atoms with van der Waals surface area (Å²) in [4.78, 5) is 22.4. The Morgan fingerprint density at radius 1 is 1.25 bits per heavy atom. The second kappa shape index (κ2) is 9.11. The molecular formula is C16H22Cl2N4OS. The zero-order chi connectivity index (χ0) is 15.5. The normalized spacial score (nSPS) is 13.9. The van der Waals surface area contributed by atoms with E-state index in [1.807, 2.05) is 23.2 Å². The highest BCUT2D eigenvalue weighted by molar-refractivity contribution is 7.15. The van der Waals surface area contributed by atoms with Gasteiger partial charge in [0.2, 0.25) is 0 Å². The maximum atomic E-state index is 12.5. The van der Waals surface area contributed by atoms with Crippen molar-refractivity contribution in [2.24, 2.45) is 0 Å². The monoisotopic (exact) mass is 388 g/mol. The van der Waals surface area contributed by atoms with E-state index in [1.54, 1.807) is 23.5 Å². The average molecular weight is 389 g/mol. The van der Waals surface area contributed by atoms with Gasteiger partial charge in [0, 0.05) is 48.5 Å². The predicted octanol–water partition coefficient (Wildman–Crippen LogP) is 3.09. The third kappa shape index (κ3) is 4.53. The number of piperazine rings is 1. The van der Waals surface area contributed by atoms with Crippen LogP contribution in [-0.2, 0) is 6.42 Å². The fraction of sp³-hybridized carbons (Fsp3) is 0.375. The lowest BCUT2D eigenvalue weighted by Crippen LogP contribution is -2.48. The van der Waals surface area contributed by atoms with E-state index in [4.69, 9.17) is 5.73 Å². The number of benzene rings is 1. The number of thiazole rings is 1. The number of amides is 1. The Morgan fingerprint density at radius 3 is 2.54 bits per heavy atom. The molecule has 2 heterocycles.